The second-order valence-electron chi connectivity index (χ2n) is 4.56. The monoisotopic (exact) mass is 252 g/mol. The van der Waals surface area contributed by atoms with E-state index in [9.17, 15) is 4.79 Å². The number of benzene rings is 1. The predicted molar refractivity (Wildman–Crippen MR) is 69.6 cm³/mol. The molecular formula is C13H17ClN2O. The molecule has 1 aliphatic heterocycles. The first-order chi connectivity index (χ1) is 8.08. The number of rotatable bonds is 1. The SMILES string of the molecule is Cc1cc(C(=O)N2CCN(C)CC2)ccc1Cl. The molecule has 0 aromatic heterocycles. The van der Waals surface area contributed by atoms with Gasteiger partial charge in [-0.15, -0.1) is 0 Å². The van der Waals surface area contributed by atoms with Crippen LogP contribution in [0.2, 0.25) is 5.02 Å². The number of likely N-dealkylation sites (N-methyl/N-ethyl adjacent to an activating group) is 1. The molecule has 1 aliphatic rings. The number of carbonyl (C=O) groups excluding carboxylic acids is 1. The lowest BCUT2D eigenvalue weighted by Gasteiger charge is -2.32. The first kappa shape index (κ1) is 12.4. The zero-order valence-electron chi connectivity index (χ0n) is 10.2. The lowest BCUT2D eigenvalue weighted by Crippen LogP contribution is -2.47. The third-order valence-electron chi connectivity index (χ3n) is 3.20. The minimum absolute atomic E-state index is 0.109. The van der Waals surface area contributed by atoms with E-state index < -0.39 is 0 Å². The Morgan fingerprint density at radius 2 is 1.88 bits per heavy atom. The van der Waals surface area contributed by atoms with Gasteiger partial charge < -0.3 is 9.80 Å². The van der Waals surface area contributed by atoms with Gasteiger partial charge in [-0.2, -0.15) is 0 Å². The first-order valence-corrected chi connectivity index (χ1v) is 6.19. The van der Waals surface area contributed by atoms with Crippen LogP contribution in [0.4, 0.5) is 0 Å². The van der Waals surface area contributed by atoms with E-state index in [0.29, 0.717) is 5.02 Å². The Morgan fingerprint density at radius 3 is 2.47 bits per heavy atom. The van der Waals surface area contributed by atoms with Crippen molar-refractivity contribution in [3.8, 4) is 0 Å². The topological polar surface area (TPSA) is 23.6 Å². The fourth-order valence-electron chi connectivity index (χ4n) is 1.97. The number of hydrogen-bond acceptors (Lipinski definition) is 2. The van der Waals surface area contributed by atoms with Crippen molar-refractivity contribution in [1.82, 2.24) is 9.80 Å². The molecule has 1 fully saturated rings. The van der Waals surface area contributed by atoms with Gasteiger partial charge in [0.2, 0.25) is 0 Å². The maximum atomic E-state index is 12.2. The fraction of sp³-hybridized carbons (Fsp3) is 0.462. The molecule has 0 unspecified atom stereocenters. The summed E-state index contributed by atoms with van der Waals surface area (Å²) < 4.78 is 0. The van der Waals surface area contributed by atoms with Crippen LogP contribution in [0.15, 0.2) is 18.2 Å². The molecule has 1 saturated heterocycles. The number of nitrogens with zero attached hydrogens (tertiary/aromatic N) is 2. The minimum Gasteiger partial charge on any atom is -0.336 e. The quantitative estimate of drug-likeness (QED) is 0.764. The van der Waals surface area contributed by atoms with E-state index in [0.717, 1.165) is 37.3 Å². The summed E-state index contributed by atoms with van der Waals surface area (Å²) in [4.78, 5) is 16.4. The molecule has 1 aromatic rings. The normalized spacial score (nSPS) is 17.2. The summed E-state index contributed by atoms with van der Waals surface area (Å²) in [5.41, 5.74) is 1.68. The van der Waals surface area contributed by atoms with Gasteiger partial charge in [0.25, 0.3) is 5.91 Å². The number of amides is 1. The molecule has 4 heteroatoms. The molecule has 92 valence electrons. The van der Waals surface area contributed by atoms with Gasteiger partial charge in [0.05, 0.1) is 0 Å². The van der Waals surface area contributed by atoms with E-state index in [1.807, 2.05) is 17.9 Å². The molecule has 1 aromatic carbocycles. The van der Waals surface area contributed by atoms with Gasteiger partial charge in [-0.1, -0.05) is 11.6 Å². The molecule has 17 heavy (non-hydrogen) atoms. The van der Waals surface area contributed by atoms with Crippen molar-refractivity contribution in [1.29, 1.82) is 0 Å². The van der Waals surface area contributed by atoms with Crippen LogP contribution < -0.4 is 0 Å². The van der Waals surface area contributed by atoms with Crippen molar-refractivity contribution >= 4 is 17.5 Å². The van der Waals surface area contributed by atoms with Gasteiger partial charge in [-0.25, -0.2) is 0 Å². The average molecular weight is 253 g/mol. The van der Waals surface area contributed by atoms with Crippen LogP contribution in [0.1, 0.15) is 15.9 Å². The van der Waals surface area contributed by atoms with Crippen LogP contribution in [0.3, 0.4) is 0 Å². The van der Waals surface area contributed by atoms with Crippen LogP contribution in [0.5, 0.6) is 0 Å². The molecule has 0 aliphatic carbocycles. The predicted octanol–water partition coefficient (Wildman–Crippen LogP) is 2.04. The second-order valence-corrected chi connectivity index (χ2v) is 4.97. The molecule has 1 amide bonds. The molecule has 0 spiro atoms. The highest BCUT2D eigenvalue weighted by atomic mass is 35.5. The number of aryl methyl sites for hydroxylation is 1. The van der Waals surface area contributed by atoms with E-state index in [-0.39, 0.29) is 5.91 Å². The smallest absolute Gasteiger partial charge is 0.253 e. The van der Waals surface area contributed by atoms with Crippen LogP contribution in [-0.2, 0) is 0 Å². The molecule has 0 N–H and O–H groups in total. The number of hydrogen-bond donors (Lipinski definition) is 0. The third-order valence-corrected chi connectivity index (χ3v) is 3.62. The van der Waals surface area contributed by atoms with Gasteiger partial charge in [0.1, 0.15) is 0 Å². The molecule has 3 nitrogen and oxygen atoms in total. The summed E-state index contributed by atoms with van der Waals surface area (Å²) in [6, 6.07) is 5.46. The van der Waals surface area contributed by atoms with E-state index in [2.05, 4.69) is 11.9 Å². The van der Waals surface area contributed by atoms with Gasteiger partial charge in [0.15, 0.2) is 0 Å². The van der Waals surface area contributed by atoms with Crippen LogP contribution >= 0.6 is 11.6 Å². The highest BCUT2D eigenvalue weighted by Gasteiger charge is 2.20. The zero-order chi connectivity index (χ0) is 12.4. The fourth-order valence-corrected chi connectivity index (χ4v) is 2.09. The lowest BCUT2D eigenvalue weighted by molar-refractivity contribution is 0.0664. The van der Waals surface area contributed by atoms with Crippen molar-refractivity contribution < 1.29 is 4.79 Å². The van der Waals surface area contributed by atoms with Gasteiger partial charge >= 0.3 is 0 Å². The Morgan fingerprint density at radius 1 is 1.24 bits per heavy atom. The van der Waals surface area contributed by atoms with Gasteiger partial charge in [0, 0.05) is 36.8 Å². The molecule has 0 atom stereocenters. The maximum absolute atomic E-state index is 12.2. The van der Waals surface area contributed by atoms with Crippen molar-refractivity contribution in [3.63, 3.8) is 0 Å². The molecular weight excluding hydrogens is 236 g/mol. The largest absolute Gasteiger partial charge is 0.336 e. The van der Waals surface area contributed by atoms with Crippen molar-refractivity contribution in [3.05, 3.63) is 34.3 Å². The first-order valence-electron chi connectivity index (χ1n) is 5.82. The van der Waals surface area contributed by atoms with E-state index in [4.69, 9.17) is 11.6 Å². The van der Waals surface area contributed by atoms with Crippen molar-refractivity contribution in [2.75, 3.05) is 33.2 Å². The highest BCUT2D eigenvalue weighted by Crippen LogP contribution is 2.17. The number of piperazine rings is 1. The van der Waals surface area contributed by atoms with Crippen molar-refractivity contribution in [2.45, 2.75) is 6.92 Å². The standard InChI is InChI=1S/C13H17ClN2O/c1-10-9-11(3-4-12(10)14)13(17)16-7-5-15(2)6-8-16/h3-4,9H,5-8H2,1-2H3. The van der Waals surface area contributed by atoms with Crippen molar-refractivity contribution in [2.24, 2.45) is 0 Å². The molecule has 0 saturated carbocycles. The summed E-state index contributed by atoms with van der Waals surface area (Å²) >= 11 is 5.96. The Balaban J connectivity index is 2.11. The molecule has 1 heterocycles. The van der Waals surface area contributed by atoms with Crippen LogP contribution in [-0.4, -0.2) is 48.9 Å². The number of carbonyl (C=O) groups is 1. The van der Waals surface area contributed by atoms with E-state index >= 15 is 0 Å². The minimum atomic E-state index is 0.109. The summed E-state index contributed by atoms with van der Waals surface area (Å²) in [6.07, 6.45) is 0. The maximum Gasteiger partial charge on any atom is 0.253 e. The average Bonchev–Trinajstić information content (AvgIpc) is 2.33. The Hall–Kier alpha value is -1.06. The molecule has 0 bridgehead atoms. The molecule has 2 rings (SSSR count). The Labute approximate surface area is 107 Å². The highest BCUT2D eigenvalue weighted by molar-refractivity contribution is 6.31. The zero-order valence-corrected chi connectivity index (χ0v) is 11.0. The van der Waals surface area contributed by atoms with Crippen LogP contribution in [0.25, 0.3) is 0 Å². The van der Waals surface area contributed by atoms with Gasteiger partial charge in [-0.3, -0.25) is 4.79 Å². The lowest BCUT2D eigenvalue weighted by atomic mass is 10.1. The van der Waals surface area contributed by atoms with E-state index in [1.165, 1.54) is 0 Å². The second kappa shape index (κ2) is 5.07. The van der Waals surface area contributed by atoms with Gasteiger partial charge in [-0.05, 0) is 37.7 Å². The number of halogens is 1. The van der Waals surface area contributed by atoms with E-state index in [1.54, 1.807) is 12.1 Å². The Kier molecular flexibility index (Phi) is 3.69. The third kappa shape index (κ3) is 2.79. The van der Waals surface area contributed by atoms with Crippen LogP contribution in [0, 0.1) is 6.92 Å². The summed E-state index contributed by atoms with van der Waals surface area (Å²) in [5.74, 6) is 0.109. The Bertz CT molecular complexity index is 425. The summed E-state index contributed by atoms with van der Waals surface area (Å²) in [7, 11) is 2.08. The summed E-state index contributed by atoms with van der Waals surface area (Å²) in [5, 5.41) is 0.708. The summed E-state index contributed by atoms with van der Waals surface area (Å²) in [6.45, 7) is 5.41. The molecule has 0 radical (unpaired) electrons.